The lowest BCUT2D eigenvalue weighted by atomic mass is 10.3. The van der Waals surface area contributed by atoms with Crippen LogP contribution in [0.3, 0.4) is 0 Å². The number of aryl methyl sites for hydroxylation is 1. The number of hydrogen-bond acceptors (Lipinski definition) is 5. The van der Waals surface area contributed by atoms with Crippen LogP contribution < -0.4 is 11.2 Å². The molecule has 1 saturated heterocycles. The van der Waals surface area contributed by atoms with Crippen LogP contribution in [-0.4, -0.2) is 45.6 Å². The maximum absolute atomic E-state index is 12.4. The number of nitrogens with zero attached hydrogens (tertiary/aromatic N) is 2. The van der Waals surface area contributed by atoms with E-state index < -0.39 is 0 Å². The van der Waals surface area contributed by atoms with Gasteiger partial charge < -0.3 is 4.98 Å². The molecule has 0 spiro atoms. The number of aromatic nitrogens is 2. The normalized spacial score (nSPS) is 16.9. The predicted molar refractivity (Wildman–Crippen MR) is 85.2 cm³/mol. The third-order valence-electron chi connectivity index (χ3n) is 3.63. The number of thioether (sulfide) groups is 1. The minimum absolute atomic E-state index is 0.159. The zero-order valence-electron chi connectivity index (χ0n) is 11.3. The van der Waals surface area contributed by atoms with Crippen molar-refractivity contribution in [3.63, 3.8) is 0 Å². The number of aromatic amines is 1. The first-order chi connectivity index (χ1) is 9.66. The Morgan fingerprint density at radius 2 is 2.00 bits per heavy atom. The molecule has 1 aliphatic rings. The number of nitrogens with one attached hydrogen (secondary N) is 1. The summed E-state index contributed by atoms with van der Waals surface area (Å²) in [5.41, 5.74) is 1.19. The van der Waals surface area contributed by atoms with Crippen LogP contribution in [0.1, 0.15) is 5.56 Å². The van der Waals surface area contributed by atoms with E-state index in [2.05, 4.69) is 9.88 Å². The lowest BCUT2D eigenvalue weighted by Crippen LogP contribution is -2.41. The number of thiophene rings is 1. The minimum Gasteiger partial charge on any atom is -0.306 e. The van der Waals surface area contributed by atoms with Gasteiger partial charge in [-0.2, -0.15) is 11.8 Å². The van der Waals surface area contributed by atoms with Crippen LogP contribution in [0.25, 0.3) is 10.2 Å². The van der Waals surface area contributed by atoms with Crippen molar-refractivity contribution < 1.29 is 0 Å². The molecule has 0 unspecified atom stereocenters. The molecule has 3 rings (SSSR count). The number of hydrogen-bond donors (Lipinski definition) is 1. The van der Waals surface area contributed by atoms with E-state index in [9.17, 15) is 9.59 Å². The van der Waals surface area contributed by atoms with E-state index in [1.807, 2.05) is 24.1 Å². The zero-order valence-corrected chi connectivity index (χ0v) is 13.0. The molecule has 0 bridgehead atoms. The summed E-state index contributed by atoms with van der Waals surface area (Å²) >= 11 is 3.36. The fraction of sp³-hybridized carbons (Fsp3) is 0.538. The Morgan fingerprint density at radius 1 is 1.25 bits per heavy atom. The van der Waals surface area contributed by atoms with Crippen molar-refractivity contribution >= 4 is 33.3 Å². The molecule has 2 aromatic heterocycles. The molecule has 1 aliphatic heterocycles. The summed E-state index contributed by atoms with van der Waals surface area (Å²) in [6, 6.07) is 0. The SMILES string of the molecule is Cc1csc2c(=O)n(CCN3CCSCC3)c(=O)[nH]c12. The van der Waals surface area contributed by atoms with Gasteiger partial charge in [-0.25, -0.2) is 4.79 Å². The Hall–Kier alpha value is -1.05. The third-order valence-corrected chi connectivity index (χ3v) is 5.66. The van der Waals surface area contributed by atoms with Crippen molar-refractivity contribution in [3.05, 3.63) is 31.8 Å². The first-order valence-corrected chi connectivity index (χ1v) is 8.71. The summed E-state index contributed by atoms with van der Waals surface area (Å²) in [7, 11) is 0. The van der Waals surface area contributed by atoms with Crippen molar-refractivity contribution in [1.82, 2.24) is 14.5 Å². The van der Waals surface area contributed by atoms with Gasteiger partial charge in [0.2, 0.25) is 0 Å². The molecule has 1 N–H and O–H groups in total. The van der Waals surface area contributed by atoms with Gasteiger partial charge in [0.1, 0.15) is 4.70 Å². The van der Waals surface area contributed by atoms with Crippen molar-refractivity contribution in [2.24, 2.45) is 0 Å². The first-order valence-electron chi connectivity index (χ1n) is 6.68. The third kappa shape index (κ3) is 2.57. The van der Waals surface area contributed by atoms with Crippen LogP contribution in [-0.2, 0) is 6.54 Å². The standard InChI is InChI=1S/C13H17N3O2S2/c1-9-8-20-11-10(9)14-13(18)16(12(11)17)3-2-15-4-6-19-7-5-15/h8H,2-7H2,1H3,(H,14,18). The Morgan fingerprint density at radius 3 is 2.75 bits per heavy atom. The summed E-state index contributed by atoms with van der Waals surface area (Å²) in [4.78, 5) is 29.6. The number of fused-ring (bicyclic) bond motifs is 1. The largest absolute Gasteiger partial charge is 0.328 e. The van der Waals surface area contributed by atoms with Gasteiger partial charge in [0.15, 0.2) is 0 Å². The summed E-state index contributed by atoms with van der Waals surface area (Å²) < 4.78 is 1.98. The Bertz CT molecular complexity index is 725. The summed E-state index contributed by atoms with van der Waals surface area (Å²) in [5.74, 6) is 2.27. The molecule has 0 amide bonds. The highest BCUT2D eigenvalue weighted by molar-refractivity contribution is 7.99. The van der Waals surface area contributed by atoms with Crippen LogP contribution in [0.2, 0.25) is 0 Å². The van der Waals surface area contributed by atoms with Crippen molar-refractivity contribution in [3.8, 4) is 0 Å². The van der Waals surface area contributed by atoms with Gasteiger partial charge in [-0.05, 0) is 17.9 Å². The molecule has 1 fully saturated rings. The molecular weight excluding hydrogens is 294 g/mol. The Balaban J connectivity index is 1.87. The number of H-pyrrole nitrogens is 1. The molecule has 0 radical (unpaired) electrons. The maximum atomic E-state index is 12.4. The highest BCUT2D eigenvalue weighted by Crippen LogP contribution is 2.18. The topological polar surface area (TPSA) is 58.1 Å². The Kier molecular flexibility index (Phi) is 4.00. The molecule has 0 aliphatic carbocycles. The van der Waals surface area contributed by atoms with E-state index in [0.717, 1.165) is 36.7 Å². The van der Waals surface area contributed by atoms with Crippen LogP contribution in [0.15, 0.2) is 15.0 Å². The lowest BCUT2D eigenvalue weighted by Gasteiger charge is -2.25. The van der Waals surface area contributed by atoms with E-state index >= 15 is 0 Å². The first kappa shape index (κ1) is 13.9. The highest BCUT2D eigenvalue weighted by Gasteiger charge is 2.14. The van der Waals surface area contributed by atoms with Crippen molar-refractivity contribution in [1.29, 1.82) is 0 Å². The van der Waals surface area contributed by atoms with Gasteiger partial charge in [-0.3, -0.25) is 14.3 Å². The lowest BCUT2D eigenvalue weighted by molar-refractivity contribution is 0.286. The maximum Gasteiger partial charge on any atom is 0.328 e. The van der Waals surface area contributed by atoms with E-state index in [1.165, 1.54) is 15.9 Å². The molecule has 0 atom stereocenters. The fourth-order valence-electron chi connectivity index (χ4n) is 2.42. The number of rotatable bonds is 3. The van der Waals surface area contributed by atoms with E-state index in [1.54, 1.807) is 0 Å². The highest BCUT2D eigenvalue weighted by atomic mass is 32.2. The molecule has 20 heavy (non-hydrogen) atoms. The summed E-state index contributed by atoms with van der Waals surface area (Å²) in [6.07, 6.45) is 0. The molecule has 5 nitrogen and oxygen atoms in total. The second-order valence-electron chi connectivity index (χ2n) is 4.96. The molecule has 7 heteroatoms. The predicted octanol–water partition coefficient (Wildman–Crippen LogP) is 1.11. The van der Waals surface area contributed by atoms with Gasteiger partial charge in [0, 0.05) is 37.7 Å². The van der Waals surface area contributed by atoms with Crippen molar-refractivity contribution in [2.75, 3.05) is 31.1 Å². The molecule has 108 valence electrons. The average Bonchev–Trinajstić information content (AvgIpc) is 2.81. The molecule has 0 saturated carbocycles. The van der Waals surface area contributed by atoms with Crippen LogP contribution >= 0.6 is 23.1 Å². The molecule has 0 aromatic carbocycles. The van der Waals surface area contributed by atoms with Crippen LogP contribution in [0.4, 0.5) is 0 Å². The van der Waals surface area contributed by atoms with Gasteiger partial charge >= 0.3 is 5.69 Å². The van der Waals surface area contributed by atoms with E-state index in [0.29, 0.717) is 16.8 Å². The fourth-order valence-corrected chi connectivity index (χ4v) is 4.35. The monoisotopic (exact) mass is 311 g/mol. The second kappa shape index (κ2) is 5.75. The van der Waals surface area contributed by atoms with Gasteiger partial charge in [0.25, 0.3) is 5.56 Å². The van der Waals surface area contributed by atoms with Gasteiger partial charge in [-0.1, -0.05) is 0 Å². The van der Waals surface area contributed by atoms with Crippen molar-refractivity contribution in [2.45, 2.75) is 13.5 Å². The summed E-state index contributed by atoms with van der Waals surface area (Å²) in [5, 5.41) is 1.91. The van der Waals surface area contributed by atoms with Gasteiger partial charge in [-0.15, -0.1) is 11.3 Å². The zero-order chi connectivity index (χ0) is 14.1. The average molecular weight is 311 g/mol. The quantitative estimate of drug-likeness (QED) is 0.922. The summed E-state index contributed by atoms with van der Waals surface area (Å²) in [6.45, 7) is 5.21. The van der Waals surface area contributed by atoms with E-state index in [-0.39, 0.29) is 11.2 Å². The molecule has 2 aromatic rings. The minimum atomic E-state index is -0.296. The Labute approximate surface area is 124 Å². The smallest absolute Gasteiger partial charge is 0.306 e. The van der Waals surface area contributed by atoms with Crippen LogP contribution in [0, 0.1) is 6.92 Å². The second-order valence-corrected chi connectivity index (χ2v) is 7.07. The molecular formula is C13H17N3O2S2. The van der Waals surface area contributed by atoms with Gasteiger partial charge in [0.05, 0.1) is 5.52 Å². The van der Waals surface area contributed by atoms with E-state index in [4.69, 9.17) is 0 Å². The molecule has 3 heterocycles. The van der Waals surface area contributed by atoms with Crippen LogP contribution in [0.5, 0.6) is 0 Å².